The number of hydrogen-bond donors (Lipinski definition) is 1. The molecule has 1 N–H and O–H groups in total. The van der Waals surface area contributed by atoms with E-state index in [1.165, 1.54) is 0 Å². The minimum absolute atomic E-state index is 0.0210. The Balaban J connectivity index is 2.45. The number of amides is 2. The van der Waals surface area contributed by atoms with Crippen molar-refractivity contribution >= 4 is 29.3 Å². The number of thioether (sulfide) groups is 1. The summed E-state index contributed by atoms with van der Waals surface area (Å²) in [6.07, 6.45) is 2.01. The maximum atomic E-state index is 12.7. The van der Waals surface area contributed by atoms with Gasteiger partial charge >= 0.3 is 0 Å². The van der Waals surface area contributed by atoms with Crippen molar-refractivity contribution in [2.45, 2.75) is 19.9 Å². The highest BCUT2D eigenvalue weighted by molar-refractivity contribution is 7.98. The molecule has 4 nitrogen and oxygen atoms in total. The lowest BCUT2D eigenvalue weighted by molar-refractivity contribution is -0.121. The molecule has 5 heteroatoms. The van der Waals surface area contributed by atoms with Gasteiger partial charge in [0.05, 0.1) is 11.3 Å². The van der Waals surface area contributed by atoms with Gasteiger partial charge in [0.2, 0.25) is 5.91 Å². The molecule has 1 aliphatic rings. The average molecular weight is 292 g/mol. The molecule has 108 valence electrons. The van der Waals surface area contributed by atoms with Crippen LogP contribution in [0.3, 0.4) is 0 Å². The van der Waals surface area contributed by atoms with Crippen LogP contribution in [0.15, 0.2) is 24.3 Å². The molecule has 1 aliphatic heterocycles. The monoisotopic (exact) mass is 292 g/mol. The van der Waals surface area contributed by atoms with Gasteiger partial charge < -0.3 is 10.2 Å². The van der Waals surface area contributed by atoms with Gasteiger partial charge in [-0.2, -0.15) is 11.8 Å². The highest BCUT2D eigenvalue weighted by Gasteiger charge is 2.34. The van der Waals surface area contributed by atoms with E-state index in [-0.39, 0.29) is 17.7 Å². The van der Waals surface area contributed by atoms with Gasteiger partial charge in [0.1, 0.15) is 6.04 Å². The van der Waals surface area contributed by atoms with Crippen LogP contribution in [-0.4, -0.2) is 36.4 Å². The van der Waals surface area contributed by atoms with E-state index >= 15 is 0 Å². The number of anilines is 1. The van der Waals surface area contributed by atoms with Crippen LogP contribution in [-0.2, 0) is 4.79 Å². The number of benzene rings is 1. The summed E-state index contributed by atoms with van der Waals surface area (Å²) >= 11 is 1.69. The van der Waals surface area contributed by atoms with Crippen LogP contribution in [0.25, 0.3) is 0 Å². The molecular formula is C15H20N2O2S. The third kappa shape index (κ3) is 2.82. The molecule has 1 heterocycles. The molecule has 2 amide bonds. The summed E-state index contributed by atoms with van der Waals surface area (Å²) in [5, 5.41) is 2.85. The Hall–Kier alpha value is -1.49. The summed E-state index contributed by atoms with van der Waals surface area (Å²) in [5.74, 6) is 0.725. The number of rotatable bonds is 4. The average Bonchev–Trinajstić information content (AvgIpc) is 2.54. The van der Waals surface area contributed by atoms with E-state index < -0.39 is 6.04 Å². The van der Waals surface area contributed by atoms with Gasteiger partial charge in [-0.05, 0) is 24.3 Å². The van der Waals surface area contributed by atoms with E-state index in [9.17, 15) is 9.59 Å². The van der Waals surface area contributed by atoms with E-state index in [0.717, 1.165) is 5.75 Å². The van der Waals surface area contributed by atoms with Gasteiger partial charge in [-0.3, -0.25) is 9.59 Å². The van der Waals surface area contributed by atoms with Gasteiger partial charge in [0.25, 0.3) is 5.91 Å². The Morgan fingerprint density at radius 3 is 2.65 bits per heavy atom. The fraction of sp³-hybridized carbons (Fsp3) is 0.467. The van der Waals surface area contributed by atoms with E-state index in [1.807, 2.05) is 38.3 Å². The molecule has 20 heavy (non-hydrogen) atoms. The number of nitrogens with one attached hydrogen (secondary N) is 1. The van der Waals surface area contributed by atoms with Gasteiger partial charge in [-0.1, -0.05) is 26.0 Å². The van der Waals surface area contributed by atoms with Crippen LogP contribution in [0.5, 0.6) is 0 Å². The van der Waals surface area contributed by atoms with Crippen LogP contribution in [0.1, 0.15) is 24.2 Å². The molecule has 1 aromatic carbocycles. The zero-order valence-electron chi connectivity index (χ0n) is 12.1. The quantitative estimate of drug-likeness (QED) is 0.925. The van der Waals surface area contributed by atoms with Crippen molar-refractivity contribution < 1.29 is 9.59 Å². The molecule has 0 aliphatic carbocycles. The number of carbonyl (C=O) groups is 2. The Labute approximate surface area is 123 Å². The van der Waals surface area contributed by atoms with E-state index in [1.54, 1.807) is 22.7 Å². The van der Waals surface area contributed by atoms with Crippen LogP contribution in [0, 0.1) is 5.92 Å². The largest absolute Gasteiger partial charge is 0.340 e. The molecular weight excluding hydrogens is 272 g/mol. The highest BCUT2D eigenvalue weighted by atomic mass is 32.2. The third-order valence-electron chi connectivity index (χ3n) is 3.44. The Morgan fingerprint density at radius 2 is 2.00 bits per heavy atom. The van der Waals surface area contributed by atoms with Crippen LogP contribution in [0.2, 0.25) is 0 Å². The first-order chi connectivity index (χ1) is 9.56. The fourth-order valence-corrected chi connectivity index (χ4v) is 2.70. The fourth-order valence-electron chi connectivity index (χ4n) is 2.33. The summed E-state index contributed by atoms with van der Waals surface area (Å²) in [4.78, 5) is 26.7. The third-order valence-corrected chi connectivity index (χ3v) is 4.03. The molecule has 0 saturated carbocycles. The summed E-state index contributed by atoms with van der Waals surface area (Å²) in [6, 6.07) is 6.84. The second-order valence-electron chi connectivity index (χ2n) is 5.19. The molecule has 0 radical (unpaired) electrons. The maximum absolute atomic E-state index is 12.7. The summed E-state index contributed by atoms with van der Waals surface area (Å²) in [5.41, 5.74) is 1.29. The van der Waals surface area contributed by atoms with Crippen LogP contribution >= 0.6 is 11.8 Å². The Kier molecular flexibility index (Phi) is 4.70. The lowest BCUT2D eigenvalue weighted by Crippen LogP contribution is -2.49. The zero-order chi connectivity index (χ0) is 14.7. The summed E-state index contributed by atoms with van der Waals surface area (Å²) < 4.78 is 0. The molecule has 1 unspecified atom stereocenters. The minimum atomic E-state index is -0.461. The predicted molar refractivity (Wildman–Crippen MR) is 83.3 cm³/mol. The standard InChI is InChI=1S/C15H20N2O2S/c1-10(2)13-15(19)17(8-9-20-3)12-7-5-4-6-11(12)14(18)16-13/h4-7,10,13H,8-9H2,1-3H3,(H,16,18). The Morgan fingerprint density at radius 1 is 1.30 bits per heavy atom. The first-order valence-electron chi connectivity index (χ1n) is 6.76. The predicted octanol–water partition coefficient (Wildman–Crippen LogP) is 2.15. The summed E-state index contributed by atoms with van der Waals surface area (Å²) in [6.45, 7) is 4.52. The van der Waals surface area contributed by atoms with Gasteiger partial charge in [0, 0.05) is 12.3 Å². The van der Waals surface area contributed by atoms with Crippen LogP contribution in [0.4, 0.5) is 5.69 Å². The van der Waals surface area contributed by atoms with Crippen molar-refractivity contribution in [1.29, 1.82) is 0 Å². The second kappa shape index (κ2) is 6.31. The van der Waals surface area contributed by atoms with Crippen molar-refractivity contribution in [3.05, 3.63) is 29.8 Å². The number of hydrogen-bond acceptors (Lipinski definition) is 3. The normalized spacial score (nSPS) is 18.8. The number of para-hydroxylation sites is 1. The Bertz CT molecular complexity index is 516. The molecule has 1 aromatic rings. The van der Waals surface area contributed by atoms with Crippen molar-refractivity contribution in [2.24, 2.45) is 5.92 Å². The van der Waals surface area contributed by atoms with Crippen molar-refractivity contribution in [2.75, 3.05) is 23.5 Å². The van der Waals surface area contributed by atoms with Gasteiger partial charge in [0.15, 0.2) is 0 Å². The molecule has 0 saturated heterocycles. The lowest BCUT2D eigenvalue weighted by Gasteiger charge is -2.26. The van der Waals surface area contributed by atoms with Gasteiger partial charge in [-0.15, -0.1) is 0 Å². The lowest BCUT2D eigenvalue weighted by atomic mass is 10.0. The zero-order valence-corrected chi connectivity index (χ0v) is 12.9. The smallest absolute Gasteiger partial charge is 0.254 e. The number of nitrogens with zero attached hydrogens (tertiary/aromatic N) is 1. The maximum Gasteiger partial charge on any atom is 0.254 e. The first-order valence-corrected chi connectivity index (χ1v) is 8.16. The van der Waals surface area contributed by atoms with E-state index in [0.29, 0.717) is 17.8 Å². The molecule has 0 fully saturated rings. The van der Waals surface area contributed by atoms with E-state index in [2.05, 4.69) is 5.32 Å². The van der Waals surface area contributed by atoms with Crippen molar-refractivity contribution in [1.82, 2.24) is 5.32 Å². The second-order valence-corrected chi connectivity index (χ2v) is 6.18. The number of fused-ring (bicyclic) bond motifs is 1. The SMILES string of the molecule is CSCCN1C(=O)C(C(C)C)NC(=O)c2ccccc21. The first kappa shape index (κ1) is 14.9. The van der Waals surface area contributed by atoms with Crippen molar-refractivity contribution in [3.63, 3.8) is 0 Å². The van der Waals surface area contributed by atoms with Crippen molar-refractivity contribution in [3.8, 4) is 0 Å². The molecule has 0 aromatic heterocycles. The molecule has 2 rings (SSSR count). The van der Waals surface area contributed by atoms with Gasteiger partial charge in [-0.25, -0.2) is 0 Å². The number of carbonyl (C=O) groups excluding carboxylic acids is 2. The topological polar surface area (TPSA) is 49.4 Å². The molecule has 0 spiro atoms. The molecule has 1 atom stereocenters. The van der Waals surface area contributed by atoms with Crippen LogP contribution < -0.4 is 10.2 Å². The van der Waals surface area contributed by atoms with E-state index in [4.69, 9.17) is 0 Å². The molecule has 0 bridgehead atoms. The summed E-state index contributed by atoms with van der Waals surface area (Å²) in [7, 11) is 0. The minimum Gasteiger partial charge on any atom is -0.340 e. The highest BCUT2D eigenvalue weighted by Crippen LogP contribution is 2.25.